The van der Waals surface area contributed by atoms with Crippen LogP contribution in [0.4, 0.5) is 26.4 Å². The topological polar surface area (TPSA) is 139 Å². The molecule has 0 unspecified atom stereocenters. The number of aromatic nitrogens is 4. The van der Waals surface area contributed by atoms with Gasteiger partial charge >= 0.3 is 0 Å². The number of carbonyl (C=O) groups is 1. The summed E-state index contributed by atoms with van der Waals surface area (Å²) >= 11 is 0. The van der Waals surface area contributed by atoms with Crippen molar-refractivity contribution in [1.82, 2.24) is 29.8 Å². The molecule has 0 radical (unpaired) electrons. The lowest BCUT2D eigenvalue weighted by Gasteiger charge is -2.36. The molecule has 3 aromatic heterocycles. The van der Waals surface area contributed by atoms with Crippen LogP contribution in [0.5, 0.6) is 5.75 Å². The number of fused-ring (bicyclic) bond motifs is 1. The van der Waals surface area contributed by atoms with Crippen molar-refractivity contribution in [2.75, 3.05) is 61.8 Å². The molecule has 4 aromatic rings. The third kappa shape index (κ3) is 5.14. The Labute approximate surface area is 221 Å². The second-order valence-electron chi connectivity index (χ2n) is 9.36. The maximum Gasteiger partial charge on any atom is 0.261 e. The molecule has 1 amide bonds. The lowest BCUT2D eigenvalue weighted by atomic mass is 10.2. The summed E-state index contributed by atoms with van der Waals surface area (Å²) in [6.45, 7) is 4.20. The Kier molecular flexibility index (Phi) is 6.60. The summed E-state index contributed by atoms with van der Waals surface area (Å²) in [5, 5.41) is 10.2. The summed E-state index contributed by atoms with van der Waals surface area (Å²) in [5.74, 6) is -0.696. The number of rotatable bonds is 8. The maximum absolute atomic E-state index is 14.6. The molecule has 2 fully saturated rings. The van der Waals surface area contributed by atoms with E-state index < -0.39 is 17.7 Å². The first-order chi connectivity index (χ1) is 18.9. The molecular weight excluding hydrogens is 512 g/mol. The zero-order chi connectivity index (χ0) is 26.9. The predicted octanol–water partition coefficient (Wildman–Crippen LogP) is 1.75. The van der Waals surface area contributed by atoms with Crippen LogP contribution in [0.25, 0.3) is 17.1 Å². The molecule has 1 aromatic carbocycles. The van der Waals surface area contributed by atoms with Crippen molar-refractivity contribution in [2.24, 2.45) is 0 Å². The SMILES string of the molecule is Nc1nc(NCCN2CCN(c3cc(O[C@H]4CCNC4=O)c(F)cc3F)CC2)nc2cc(-c3ccco3)nn12. The molecule has 0 aliphatic carbocycles. The fraction of sp³-hybridized carbons (Fsp3) is 0.360. The van der Waals surface area contributed by atoms with Crippen LogP contribution in [0.1, 0.15) is 6.42 Å². The molecule has 4 N–H and O–H groups in total. The highest BCUT2D eigenvalue weighted by atomic mass is 19.1. The molecule has 1 atom stereocenters. The molecule has 6 rings (SSSR count). The van der Waals surface area contributed by atoms with Gasteiger partial charge in [0.15, 0.2) is 29.1 Å². The minimum absolute atomic E-state index is 0.120. The van der Waals surface area contributed by atoms with E-state index >= 15 is 0 Å². The van der Waals surface area contributed by atoms with Crippen molar-refractivity contribution in [3.8, 4) is 17.2 Å². The Morgan fingerprint density at radius 1 is 1.15 bits per heavy atom. The van der Waals surface area contributed by atoms with E-state index in [0.29, 0.717) is 75.3 Å². The van der Waals surface area contributed by atoms with Gasteiger partial charge in [0.2, 0.25) is 11.9 Å². The van der Waals surface area contributed by atoms with Crippen LogP contribution >= 0.6 is 0 Å². The molecule has 2 saturated heterocycles. The third-order valence-electron chi connectivity index (χ3n) is 6.81. The number of nitrogens with zero attached hydrogens (tertiary/aromatic N) is 6. The number of halogens is 2. The van der Waals surface area contributed by atoms with Crippen molar-refractivity contribution in [3.63, 3.8) is 0 Å². The van der Waals surface area contributed by atoms with E-state index in [-0.39, 0.29) is 23.3 Å². The summed E-state index contributed by atoms with van der Waals surface area (Å²) in [7, 11) is 0. The summed E-state index contributed by atoms with van der Waals surface area (Å²) in [4.78, 5) is 24.7. The van der Waals surface area contributed by atoms with E-state index in [1.807, 2.05) is 4.90 Å². The van der Waals surface area contributed by atoms with E-state index in [1.54, 1.807) is 24.5 Å². The Balaban J connectivity index is 1.03. The van der Waals surface area contributed by atoms with Gasteiger partial charge in [-0.25, -0.2) is 8.78 Å². The standard InChI is InChI=1S/C25H27F2N9O3/c26-15-12-16(27)21(39-20-3-4-29-23(20)37)14-18(15)35-9-7-34(8-10-35)6-5-30-25-31-22-13-17(19-2-1-11-38-19)33-36(22)24(28)32-25/h1-2,11-14,20H,3-10H2,(H,29,37)(H3,28,30,31,32)/t20-/m0/s1. The second kappa shape index (κ2) is 10.4. The number of piperazine rings is 1. The molecule has 0 bridgehead atoms. The van der Waals surface area contributed by atoms with Crippen LogP contribution in [0.15, 0.2) is 41.0 Å². The van der Waals surface area contributed by atoms with Gasteiger partial charge in [0, 0.05) is 70.4 Å². The number of nitrogens with two attached hydrogens (primary N) is 1. The lowest BCUT2D eigenvalue weighted by Crippen LogP contribution is -2.48. The molecular formula is C25H27F2N9O3. The zero-order valence-corrected chi connectivity index (χ0v) is 20.9. The van der Waals surface area contributed by atoms with Crippen LogP contribution in [0.3, 0.4) is 0 Å². The number of nitrogen functional groups attached to an aromatic ring is 1. The lowest BCUT2D eigenvalue weighted by molar-refractivity contribution is -0.125. The van der Waals surface area contributed by atoms with Crippen molar-refractivity contribution >= 4 is 29.1 Å². The summed E-state index contributed by atoms with van der Waals surface area (Å²) < 4.78 is 41.4. The van der Waals surface area contributed by atoms with E-state index in [4.69, 9.17) is 14.9 Å². The number of carbonyl (C=O) groups excluding carboxylic acids is 1. The third-order valence-corrected chi connectivity index (χ3v) is 6.81. The normalized spacial score (nSPS) is 18.1. The average Bonchev–Trinajstić information content (AvgIpc) is 3.68. The fourth-order valence-electron chi connectivity index (χ4n) is 4.76. The molecule has 12 nitrogen and oxygen atoms in total. The Hall–Kier alpha value is -4.46. The highest BCUT2D eigenvalue weighted by Gasteiger charge is 2.28. The van der Waals surface area contributed by atoms with Crippen LogP contribution in [0, 0.1) is 11.6 Å². The van der Waals surface area contributed by atoms with Crippen LogP contribution in [0.2, 0.25) is 0 Å². The zero-order valence-electron chi connectivity index (χ0n) is 20.9. The number of anilines is 3. The number of benzene rings is 1. The monoisotopic (exact) mass is 539 g/mol. The van der Waals surface area contributed by atoms with Gasteiger partial charge in [-0.2, -0.15) is 19.6 Å². The largest absolute Gasteiger partial charge is 0.477 e. The van der Waals surface area contributed by atoms with E-state index in [2.05, 4.69) is 30.6 Å². The Morgan fingerprint density at radius 3 is 2.74 bits per heavy atom. The minimum atomic E-state index is -0.824. The Bertz CT molecular complexity index is 1490. The number of nitrogens with one attached hydrogen (secondary N) is 2. The van der Waals surface area contributed by atoms with Crippen LogP contribution in [-0.2, 0) is 4.79 Å². The van der Waals surface area contributed by atoms with Gasteiger partial charge < -0.3 is 30.4 Å². The average molecular weight is 540 g/mol. The van der Waals surface area contributed by atoms with Crippen LogP contribution < -0.4 is 26.0 Å². The quantitative estimate of drug-likeness (QED) is 0.303. The number of furan rings is 1. The first-order valence-electron chi connectivity index (χ1n) is 12.7. The first kappa shape index (κ1) is 24.9. The van der Waals surface area contributed by atoms with Crippen LogP contribution in [-0.4, -0.2) is 82.3 Å². The number of ether oxygens (including phenoxy) is 1. The molecule has 5 heterocycles. The van der Waals surface area contributed by atoms with Gasteiger partial charge in [0.05, 0.1) is 12.0 Å². The predicted molar refractivity (Wildman–Crippen MR) is 138 cm³/mol. The molecule has 2 aliphatic rings. The second-order valence-corrected chi connectivity index (χ2v) is 9.36. The van der Waals surface area contributed by atoms with E-state index in [9.17, 15) is 13.6 Å². The maximum atomic E-state index is 14.6. The first-order valence-corrected chi connectivity index (χ1v) is 12.7. The minimum Gasteiger partial charge on any atom is -0.477 e. The van der Waals surface area contributed by atoms with Crippen molar-refractivity contribution < 1.29 is 22.7 Å². The Morgan fingerprint density at radius 2 is 2.00 bits per heavy atom. The smallest absolute Gasteiger partial charge is 0.261 e. The van der Waals surface area contributed by atoms with Gasteiger partial charge in [0.25, 0.3) is 5.91 Å². The fourth-order valence-corrected chi connectivity index (χ4v) is 4.76. The van der Waals surface area contributed by atoms with Gasteiger partial charge in [-0.05, 0) is 12.1 Å². The van der Waals surface area contributed by atoms with Gasteiger partial charge in [0.1, 0.15) is 11.5 Å². The highest BCUT2D eigenvalue weighted by Crippen LogP contribution is 2.30. The van der Waals surface area contributed by atoms with Gasteiger partial charge in [-0.3, -0.25) is 9.69 Å². The van der Waals surface area contributed by atoms with Crippen molar-refractivity contribution in [1.29, 1.82) is 0 Å². The number of amides is 1. The molecule has 2 aliphatic heterocycles. The van der Waals surface area contributed by atoms with Crippen molar-refractivity contribution in [3.05, 3.63) is 48.2 Å². The number of hydrogen-bond acceptors (Lipinski definition) is 10. The van der Waals surface area contributed by atoms with Crippen molar-refractivity contribution in [2.45, 2.75) is 12.5 Å². The molecule has 0 saturated carbocycles. The number of hydrogen-bond donors (Lipinski definition) is 3. The molecule has 204 valence electrons. The van der Waals surface area contributed by atoms with Gasteiger partial charge in [-0.15, -0.1) is 0 Å². The van der Waals surface area contributed by atoms with E-state index in [0.717, 1.165) is 6.07 Å². The summed E-state index contributed by atoms with van der Waals surface area (Å²) in [6.07, 6.45) is 1.24. The molecule has 39 heavy (non-hydrogen) atoms. The molecule has 14 heteroatoms. The molecule has 0 spiro atoms. The summed E-state index contributed by atoms with van der Waals surface area (Å²) in [6, 6.07) is 7.52. The highest BCUT2D eigenvalue weighted by molar-refractivity contribution is 5.83. The van der Waals surface area contributed by atoms with E-state index in [1.165, 1.54) is 10.6 Å². The summed E-state index contributed by atoms with van der Waals surface area (Å²) in [5.41, 5.74) is 7.48. The van der Waals surface area contributed by atoms with Gasteiger partial charge in [-0.1, -0.05) is 0 Å².